The smallest absolute Gasteiger partial charge is 0.417 e. The standard InChI is InChI=1S/C14H10F4O/c1-19-12-8-4-6-10(14(16,17)18)13(12)9-5-2-3-7-11(9)15/h2-8H,1H3. The van der Waals surface area contributed by atoms with E-state index in [1.165, 1.54) is 37.4 Å². The maximum Gasteiger partial charge on any atom is 0.417 e. The lowest BCUT2D eigenvalue weighted by molar-refractivity contribution is -0.137. The van der Waals surface area contributed by atoms with E-state index in [2.05, 4.69) is 0 Å². The lowest BCUT2D eigenvalue weighted by Crippen LogP contribution is -2.08. The van der Waals surface area contributed by atoms with Crippen molar-refractivity contribution in [1.29, 1.82) is 0 Å². The molecule has 0 atom stereocenters. The highest BCUT2D eigenvalue weighted by Gasteiger charge is 2.35. The van der Waals surface area contributed by atoms with Gasteiger partial charge in [-0.25, -0.2) is 4.39 Å². The van der Waals surface area contributed by atoms with Gasteiger partial charge in [-0.3, -0.25) is 0 Å². The average molecular weight is 270 g/mol. The fourth-order valence-corrected chi connectivity index (χ4v) is 1.88. The summed E-state index contributed by atoms with van der Waals surface area (Å²) < 4.78 is 57.7. The lowest BCUT2D eigenvalue weighted by atomic mass is 9.97. The molecule has 0 amide bonds. The molecule has 100 valence electrons. The molecule has 0 unspecified atom stereocenters. The molecule has 0 aliphatic rings. The Morgan fingerprint density at radius 1 is 0.947 bits per heavy atom. The van der Waals surface area contributed by atoms with Gasteiger partial charge in [0.05, 0.1) is 12.7 Å². The molecular formula is C14H10F4O. The highest BCUT2D eigenvalue weighted by molar-refractivity contribution is 5.75. The number of alkyl halides is 3. The summed E-state index contributed by atoms with van der Waals surface area (Å²) in [6, 6.07) is 8.81. The molecule has 2 aromatic rings. The predicted octanol–water partition coefficient (Wildman–Crippen LogP) is 4.52. The van der Waals surface area contributed by atoms with E-state index in [0.29, 0.717) is 0 Å². The van der Waals surface area contributed by atoms with Crippen molar-refractivity contribution in [2.75, 3.05) is 7.11 Å². The molecule has 0 spiro atoms. The van der Waals surface area contributed by atoms with Gasteiger partial charge >= 0.3 is 6.18 Å². The van der Waals surface area contributed by atoms with Gasteiger partial charge in [0.1, 0.15) is 11.6 Å². The molecule has 0 fully saturated rings. The first kappa shape index (κ1) is 13.4. The van der Waals surface area contributed by atoms with Crippen molar-refractivity contribution in [3.8, 4) is 16.9 Å². The molecule has 2 aromatic carbocycles. The maximum atomic E-state index is 13.7. The molecule has 1 nitrogen and oxygen atoms in total. The third-order valence-corrected chi connectivity index (χ3v) is 2.69. The quantitative estimate of drug-likeness (QED) is 0.729. The van der Waals surface area contributed by atoms with E-state index < -0.39 is 17.6 Å². The van der Waals surface area contributed by atoms with Crippen molar-refractivity contribution < 1.29 is 22.3 Å². The van der Waals surface area contributed by atoms with Gasteiger partial charge in [-0.15, -0.1) is 0 Å². The predicted molar refractivity (Wildman–Crippen MR) is 63.4 cm³/mol. The van der Waals surface area contributed by atoms with Crippen molar-refractivity contribution >= 4 is 0 Å². The van der Waals surface area contributed by atoms with Crippen LogP contribution in [0.3, 0.4) is 0 Å². The largest absolute Gasteiger partial charge is 0.496 e. The molecule has 0 N–H and O–H groups in total. The van der Waals surface area contributed by atoms with Crippen molar-refractivity contribution in [3.05, 3.63) is 53.8 Å². The molecule has 0 aliphatic heterocycles. The van der Waals surface area contributed by atoms with Gasteiger partial charge in [0.15, 0.2) is 0 Å². The minimum Gasteiger partial charge on any atom is -0.496 e. The minimum atomic E-state index is -4.58. The highest BCUT2D eigenvalue weighted by atomic mass is 19.4. The lowest BCUT2D eigenvalue weighted by Gasteiger charge is -2.16. The first-order valence-electron chi connectivity index (χ1n) is 5.44. The second-order valence-corrected chi connectivity index (χ2v) is 3.86. The van der Waals surface area contributed by atoms with Crippen LogP contribution >= 0.6 is 0 Å². The Morgan fingerprint density at radius 3 is 2.21 bits per heavy atom. The summed E-state index contributed by atoms with van der Waals surface area (Å²) in [4.78, 5) is 0. The van der Waals surface area contributed by atoms with Crippen molar-refractivity contribution in [1.82, 2.24) is 0 Å². The van der Waals surface area contributed by atoms with Crippen LogP contribution in [0.5, 0.6) is 5.75 Å². The number of ether oxygens (including phenoxy) is 1. The van der Waals surface area contributed by atoms with E-state index in [9.17, 15) is 17.6 Å². The van der Waals surface area contributed by atoms with Crippen LogP contribution in [-0.4, -0.2) is 7.11 Å². The van der Waals surface area contributed by atoms with Gasteiger partial charge in [0.25, 0.3) is 0 Å². The monoisotopic (exact) mass is 270 g/mol. The molecule has 0 bridgehead atoms. The summed E-state index contributed by atoms with van der Waals surface area (Å²) in [5.41, 5.74) is -1.33. The zero-order chi connectivity index (χ0) is 14.0. The molecule has 0 saturated heterocycles. The van der Waals surface area contributed by atoms with Crippen molar-refractivity contribution in [2.45, 2.75) is 6.18 Å². The molecule has 0 radical (unpaired) electrons. The number of halogens is 4. The van der Waals surface area contributed by atoms with Crippen LogP contribution in [0.15, 0.2) is 42.5 Å². The number of benzene rings is 2. The summed E-state index contributed by atoms with van der Waals surface area (Å²) >= 11 is 0. The van der Waals surface area contributed by atoms with E-state index in [0.717, 1.165) is 12.1 Å². The number of methoxy groups -OCH3 is 1. The van der Waals surface area contributed by atoms with Gasteiger partial charge in [0, 0.05) is 11.1 Å². The van der Waals surface area contributed by atoms with Crippen molar-refractivity contribution in [2.24, 2.45) is 0 Å². The first-order chi connectivity index (χ1) is 8.95. The second-order valence-electron chi connectivity index (χ2n) is 3.86. The molecule has 0 saturated carbocycles. The number of hydrogen-bond donors (Lipinski definition) is 0. The van der Waals surface area contributed by atoms with Gasteiger partial charge in [-0.05, 0) is 18.2 Å². The van der Waals surface area contributed by atoms with Gasteiger partial charge in [-0.1, -0.05) is 24.3 Å². The zero-order valence-electron chi connectivity index (χ0n) is 9.96. The number of hydrogen-bond acceptors (Lipinski definition) is 1. The topological polar surface area (TPSA) is 9.23 Å². The Balaban J connectivity index is 2.77. The third-order valence-electron chi connectivity index (χ3n) is 2.69. The van der Waals surface area contributed by atoms with Gasteiger partial charge < -0.3 is 4.74 Å². The highest BCUT2D eigenvalue weighted by Crippen LogP contribution is 2.42. The van der Waals surface area contributed by atoms with Gasteiger partial charge in [-0.2, -0.15) is 13.2 Å². The Kier molecular flexibility index (Phi) is 3.46. The molecule has 0 aromatic heterocycles. The van der Waals surface area contributed by atoms with Crippen LogP contribution in [-0.2, 0) is 6.18 Å². The van der Waals surface area contributed by atoms with Crippen LogP contribution in [0.4, 0.5) is 17.6 Å². The fraction of sp³-hybridized carbons (Fsp3) is 0.143. The summed E-state index contributed by atoms with van der Waals surface area (Å²) in [6.45, 7) is 0. The molecule has 0 aliphatic carbocycles. The van der Waals surface area contributed by atoms with Gasteiger partial charge in [0.2, 0.25) is 0 Å². The van der Waals surface area contributed by atoms with E-state index in [1.807, 2.05) is 0 Å². The second kappa shape index (κ2) is 4.91. The van der Waals surface area contributed by atoms with Crippen LogP contribution < -0.4 is 4.74 Å². The molecule has 5 heteroatoms. The van der Waals surface area contributed by atoms with Crippen LogP contribution in [0.25, 0.3) is 11.1 Å². The Bertz CT molecular complexity index is 590. The summed E-state index contributed by atoms with van der Waals surface area (Å²) in [5.74, 6) is -0.738. The summed E-state index contributed by atoms with van der Waals surface area (Å²) in [7, 11) is 1.25. The first-order valence-corrected chi connectivity index (χ1v) is 5.44. The average Bonchev–Trinajstić information content (AvgIpc) is 2.37. The van der Waals surface area contributed by atoms with Crippen LogP contribution in [0.2, 0.25) is 0 Å². The molecule has 2 rings (SSSR count). The van der Waals surface area contributed by atoms with E-state index in [1.54, 1.807) is 0 Å². The number of rotatable bonds is 2. The molecular weight excluding hydrogens is 260 g/mol. The normalized spacial score (nSPS) is 11.4. The Labute approximate surface area is 107 Å². The summed E-state index contributed by atoms with van der Waals surface area (Å²) in [5, 5.41) is 0. The Hall–Kier alpha value is -2.04. The van der Waals surface area contributed by atoms with E-state index in [-0.39, 0.29) is 16.9 Å². The van der Waals surface area contributed by atoms with E-state index >= 15 is 0 Å². The van der Waals surface area contributed by atoms with Crippen molar-refractivity contribution in [3.63, 3.8) is 0 Å². The SMILES string of the molecule is COc1cccc(C(F)(F)F)c1-c1ccccc1F. The third kappa shape index (κ3) is 2.54. The zero-order valence-corrected chi connectivity index (χ0v) is 9.96. The van der Waals surface area contributed by atoms with Crippen LogP contribution in [0.1, 0.15) is 5.56 Å². The molecule has 0 heterocycles. The summed E-state index contributed by atoms with van der Waals surface area (Å²) in [6.07, 6.45) is -4.58. The van der Waals surface area contributed by atoms with Crippen LogP contribution in [0, 0.1) is 5.82 Å². The molecule has 19 heavy (non-hydrogen) atoms. The Morgan fingerprint density at radius 2 is 1.63 bits per heavy atom. The minimum absolute atomic E-state index is 0.0140. The fourth-order valence-electron chi connectivity index (χ4n) is 1.88. The van der Waals surface area contributed by atoms with E-state index in [4.69, 9.17) is 4.74 Å². The maximum absolute atomic E-state index is 13.7.